The van der Waals surface area contributed by atoms with Gasteiger partial charge in [-0.25, -0.2) is 0 Å². The Morgan fingerprint density at radius 3 is 2.46 bits per heavy atom. The Balaban J connectivity index is 1.94. The second kappa shape index (κ2) is 9.10. The number of amides is 1. The number of nitrogens with zero attached hydrogens (tertiary/aromatic N) is 1. The normalized spacial score (nSPS) is 17.8. The smallest absolute Gasteiger partial charge is 0.300 e. The molecule has 182 valence electrons. The Labute approximate surface area is 205 Å². The first-order valence-electron chi connectivity index (χ1n) is 11.7. The van der Waals surface area contributed by atoms with E-state index in [1.165, 1.54) is 11.2 Å². The minimum absolute atomic E-state index is 0.00475. The van der Waals surface area contributed by atoms with Crippen molar-refractivity contribution >= 4 is 23.1 Å². The van der Waals surface area contributed by atoms with Crippen LogP contribution in [0.4, 0.5) is 5.69 Å². The lowest BCUT2D eigenvalue weighted by Gasteiger charge is -2.26. The lowest BCUT2D eigenvalue weighted by Crippen LogP contribution is -2.30. The number of hydrogen-bond acceptors (Lipinski definition) is 5. The van der Waals surface area contributed by atoms with Crippen molar-refractivity contribution in [3.05, 3.63) is 88.4 Å². The Morgan fingerprint density at radius 1 is 1.09 bits per heavy atom. The molecule has 1 N–H and O–H groups in total. The van der Waals surface area contributed by atoms with Gasteiger partial charge in [-0.3, -0.25) is 14.5 Å². The molecule has 1 fully saturated rings. The maximum absolute atomic E-state index is 13.4. The highest BCUT2D eigenvalue weighted by Crippen LogP contribution is 2.44. The molecule has 4 rings (SSSR count). The molecule has 6 heteroatoms. The highest BCUT2D eigenvalue weighted by molar-refractivity contribution is 6.51. The highest BCUT2D eigenvalue weighted by Gasteiger charge is 2.48. The van der Waals surface area contributed by atoms with E-state index >= 15 is 0 Å². The second-order valence-electron chi connectivity index (χ2n) is 9.80. The maximum atomic E-state index is 13.4. The van der Waals surface area contributed by atoms with Crippen molar-refractivity contribution in [3.63, 3.8) is 0 Å². The van der Waals surface area contributed by atoms with Gasteiger partial charge in [-0.15, -0.1) is 0 Å². The number of aliphatic hydroxyl groups is 1. The van der Waals surface area contributed by atoms with Gasteiger partial charge in [-0.05, 0) is 73.7 Å². The second-order valence-corrected chi connectivity index (χ2v) is 9.80. The van der Waals surface area contributed by atoms with Gasteiger partial charge in [-0.2, -0.15) is 0 Å². The predicted molar refractivity (Wildman–Crippen MR) is 136 cm³/mol. The molecule has 1 unspecified atom stereocenters. The summed E-state index contributed by atoms with van der Waals surface area (Å²) >= 11 is 0. The minimum Gasteiger partial charge on any atom is -0.507 e. The van der Waals surface area contributed by atoms with E-state index in [1.807, 2.05) is 39.0 Å². The molecule has 0 aliphatic carbocycles. The summed E-state index contributed by atoms with van der Waals surface area (Å²) in [7, 11) is 0. The van der Waals surface area contributed by atoms with E-state index in [9.17, 15) is 14.7 Å². The van der Waals surface area contributed by atoms with Crippen LogP contribution in [0, 0.1) is 13.8 Å². The Morgan fingerprint density at radius 2 is 1.83 bits per heavy atom. The van der Waals surface area contributed by atoms with E-state index in [-0.39, 0.29) is 16.7 Å². The molecule has 0 bridgehead atoms. The fraction of sp³-hybridized carbons (Fsp3) is 0.310. The van der Waals surface area contributed by atoms with Crippen LogP contribution in [0.1, 0.15) is 61.8 Å². The van der Waals surface area contributed by atoms with Gasteiger partial charge in [0, 0.05) is 16.8 Å². The number of Topliss-reactive ketones (excluding diaryl/α,β-unsaturated/α-hetero) is 1. The van der Waals surface area contributed by atoms with Gasteiger partial charge in [0.1, 0.15) is 23.3 Å². The van der Waals surface area contributed by atoms with Gasteiger partial charge in [0.2, 0.25) is 0 Å². The number of carbonyl (C=O) groups excluding carboxylic acids is 2. The molecule has 6 nitrogen and oxygen atoms in total. The van der Waals surface area contributed by atoms with E-state index < -0.39 is 17.7 Å². The van der Waals surface area contributed by atoms with Crippen molar-refractivity contribution < 1.29 is 23.8 Å². The molecule has 2 aromatic carbocycles. The fourth-order valence-electron chi connectivity index (χ4n) is 4.49. The van der Waals surface area contributed by atoms with Gasteiger partial charge in [0.05, 0.1) is 18.4 Å². The van der Waals surface area contributed by atoms with E-state index in [0.29, 0.717) is 23.6 Å². The third-order valence-corrected chi connectivity index (χ3v) is 6.45. The zero-order chi connectivity index (χ0) is 25.5. The number of ether oxygens (including phenoxy) is 1. The number of aliphatic hydroxyl groups excluding tert-OH is 1. The van der Waals surface area contributed by atoms with Crippen LogP contribution in [0.2, 0.25) is 0 Å². The van der Waals surface area contributed by atoms with Crippen LogP contribution in [0.5, 0.6) is 5.75 Å². The molecular weight excluding hydrogens is 442 g/mol. The molecule has 0 spiro atoms. The van der Waals surface area contributed by atoms with Crippen LogP contribution >= 0.6 is 0 Å². The molecule has 1 atom stereocenters. The number of benzene rings is 2. The molecular formula is C29H31NO5. The van der Waals surface area contributed by atoms with Gasteiger partial charge >= 0.3 is 0 Å². The first-order chi connectivity index (χ1) is 16.6. The first kappa shape index (κ1) is 24.3. The predicted octanol–water partition coefficient (Wildman–Crippen LogP) is 6.22. The SMILES string of the molecule is CCOc1ccc(/C(O)=C2/C(=O)C(=O)N(c3cccc(C)c3C)C2c2ccco2)cc1C(C)(C)C. The fourth-order valence-corrected chi connectivity index (χ4v) is 4.49. The van der Waals surface area contributed by atoms with Crippen molar-refractivity contribution in [1.82, 2.24) is 0 Å². The molecule has 3 aromatic rings. The monoisotopic (exact) mass is 473 g/mol. The highest BCUT2D eigenvalue weighted by atomic mass is 16.5. The van der Waals surface area contributed by atoms with Crippen LogP contribution in [0.15, 0.2) is 64.8 Å². The first-order valence-corrected chi connectivity index (χ1v) is 11.7. The summed E-state index contributed by atoms with van der Waals surface area (Å²) in [4.78, 5) is 28.2. The Hall–Kier alpha value is -3.80. The lowest BCUT2D eigenvalue weighted by atomic mass is 9.84. The Kier molecular flexibility index (Phi) is 6.32. The topological polar surface area (TPSA) is 80.0 Å². The molecule has 0 saturated carbocycles. The molecule has 1 amide bonds. The van der Waals surface area contributed by atoms with Crippen LogP contribution in [-0.4, -0.2) is 23.4 Å². The molecule has 0 radical (unpaired) electrons. The van der Waals surface area contributed by atoms with Gasteiger partial charge in [0.15, 0.2) is 0 Å². The minimum atomic E-state index is -0.893. The largest absolute Gasteiger partial charge is 0.507 e. The average Bonchev–Trinajstić information content (AvgIpc) is 3.42. The number of rotatable bonds is 5. The summed E-state index contributed by atoms with van der Waals surface area (Å²) in [6.45, 7) is 12.4. The van der Waals surface area contributed by atoms with Crippen molar-refractivity contribution in [2.45, 2.75) is 53.0 Å². The standard InChI is InChI=1S/C29H31NO5/c1-7-34-22-14-13-19(16-20(22)29(4,5)6)26(31)24-25(23-12-9-15-35-23)30(28(33)27(24)32)21-11-8-10-17(2)18(21)3/h8-16,25,31H,7H2,1-6H3/b26-24-. The summed E-state index contributed by atoms with van der Waals surface area (Å²) in [5.74, 6) is -0.589. The summed E-state index contributed by atoms with van der Waals surface area (Å²) < 4.78 is 11.5. The summed E-state index contributed by atoms with van der Waals surface area (Å²) in [6, 6.07) is 13.4. The molecule has 2 heterocycles. The summed E-state index contributed by atoms with van der Waals surface area (Å²) in [6.07, 6.45) is 1.49. The third-order valence-electron chi connectivity index (χ3n) is 6.45. The lowest BCUT2D eigenvalue weighted by molar-refractivity contribution is -0.132. The van der Waals surface area contributed by atoms with E-state index in [4.69, 9.17) is 9.15 Å². The van der Waals surface area contributed by atoms with Crippen LogP contribution in [0.3, 0.4) is 0 Å². The molecule has 1 aliphatic rings. The van der Waals surface area contributed by atoms with Crippen LogP contribution in [0.25, 0.3) is 5.76 Å². The third kappa shape index (κ3) is 4.25. The van der Waals surface area contributed by atoms with Crippen LogP contribution in [-0.2, 0) is 15.0 Å². The number of ketones is 1. The van der Waals surface area contributed by atoms with E-state index in [0.717, 1.165) is 22.4 Å². The van der Waals surface area contributed by atoms with E-state index in [1.54, 1.807) is 30.3 Å². The summed E-state index contributed by atoms with van der Waals surface area (Å²) in [5, 5.41) is 11.5. The quantitative estimate of drug-likeness (QED) is 0.270. The van der Waals surface area contributed by atoms with Gasteiger partial charge in [0.25, 0.3) is 11.7 Å². The molecule has 1 saturated heterocycles. The average molecular weight is 474 g/mol. The zero-order valence-electron chi connectivity index (χ0n) is 21.0. The maximum Gasteiger partial charge on any atom is 0.300 e. The van der Waals surface area contributed by atoms with Gasteiger partial charge < -0.3 is 14.3 Å². The number of furan rings is 1. The number of aryl methyl sites for hydroxylation is 1. The zero-order valence-corrected chi connectivity index (χ0v) is 21.0. The van der Waals surface area contributed by atoms with Crippen molar-refractivity contribution in [3.8, 4) is 5.75 Å². The number of hydrogen-bond donors (Lipinski definition) is 1. The molecule has 1 aliphatic heterocycles. The number of anilines is 1. The summed E-state index contributed by atoms with van der Waals surface area (Å²) in [5.41, 5.74) is 3.53. The molecule has 35 heavy (non-hydrogen) atoms. The van der Waals surface area contributed by atoms with Gasteiger partial charge in [-0.1, -0.05) is 32.9 Å². The van der Waals surface area contributed by atoms with Crippen LogP contribution < -0.4 is 9.64 Å². The molecule has 1 aromatic heterocycles. The van der Waals surface area contributed by atoms with E-state index in [2.05, 4.69) is 20.8 Å². The van der Waals surface area contributed by atoms with Crippen molar-refractivity contribution in [1.29, 1.82) is 0 Å². The van der Waals surface area contributed by atoms with Crippen molar-refractivity contribution in [2.24, 2.45) is 0 Å². The van der Waals surface area contributed by atoms with Crippen molar-refractivity contribution in [2.75, 3.05) is 11.5 Å². The number of carbonyl (C=O) groups is 2. The Bertz CT molecular complexity index is 1310.